The normalized spacial score (nSPS) is 11.6. The van der Waals surface area contributed by atoms with Gasteiger partial charge in [0.1, 0.15) is 6.54 Å². The lowest BCUT2D eigenvalue weighted by molar-refractivity contribution is -0.121. The highest BCUT2D eigenvalue weighted by Crippen LogP contribution is 2.27. The molecule has 0 aliphatic carbocycles. The highest BCUT2D eigenvalue weighted by Gasteiger charge is 2.21. The Labute approximate surface area is 111 Å². The lowest BCUT2D eigenvalue weighted by atomic mass is 9.93. The van der Waals surface area contributed by atoms with Crippen molar-refractivity contribution in [1.29, 1.82) is 0 Å². The van der Waals surface area contributed by atoms with E-state index in [1.54, 1.807) is 4.68 Å². The van der Waals surface area contributed by atoms with Gasteiger partial charge in [-0.3, -0.25) is 9.48 Å². The first-order valence-electron chi connectivity index (χ1n) is 5.84. The molecule has 0 atom stereocenters. The monoisotopic (exact) mass is 301 g/mol. The standard InChI is InChI=1S/C12H20BrN3O/c1-5-6-14-10(17)8-16-7-9(13)11(15-16)12(2,3)4/h7H,5-6,8H2,1-4H3,(H,14,17). The van der Waals surface area contributed by atoms with Crippen molar-refractivity contribution >= 4 is 21.8 Å². The molecule has 4 nitrogen and oxygen atoms in total. The SMILES string of the molecule is CCCNC(=O)Cn1cc(Br)c(C(C)(C)C)n1. The number of carbonyl (C=O) groups excluding carboxylic acids is 1. The molecule has 17 heavy (non-hydrogen) atoms. The van der Waals surface area contributed by atoms with Gasteiger partial charge in [-0.05, 0) is 22.4 Å². The van der Waals surface area contributed by atoms with Crippen LogP contribution >= 0.6 is 15.9 Å². The molecule has 96 valence electrons. The Kier molecular flexibility index (Phi) is 4.74. The third-order valence-electron chi connectivity index (χ3n) is 2.31. The first kappa shape index (κ1) is 14.2. The largest absolute Gasteiger partial charge is 0.355 e. The van der Waals surface area contributed by atoms with E-state index < -0.39 is 0 Å². The van der Waals surface area contributed by atoms with Gasteiger partial charge >= 0.3 is 0 Å². The summed E-state index contributed by atoms with van der Waals surface area (Å²) in [5, 5.41) is 7.27. The van der Waals surface area contributed by atoms with E-state index in [2.05, 4.69) is 47.1 Å². The van der Waals surface area contributed by atoms with Crippen molar-refractivity contribution in [2.24, 2.45) is 0 Å². The summed E-state index contributed by atoms with van der Waals surface area (Å²) in [5.74, 6) is 0.00214. The zero-order chi connectivity index (χ0) is 13.1. The lowest BCUT2D eigenvalue weighted by Gasteiger charge is -2.15. The highest BCUT2D eigenvalue weighted by atomic mass is 79.9. The van der Waals surface area contributed by atoms with Gasteiger partial charge in [-0.2, -0.15) is 5.10 Å². The molecule has 0 unspecified atom stereocenters. The number of hydrogen-bond acceptors (Lipinski definition) is 2. The topological polar surface area (TPSA) is 46.9 Å². The summed E-state index contributed by atoms with van der Waals surface area (Å²) in [6, 6.07) is 0. The Bertz CT molecular complexity index is 393. The molecule has 1 N–H and O–H groups in total. The molecule has 1 aromatic heterocycles. The summed E-state index contributed by atoms with van der Waals surface area (Å²) in [6.45, 7) is 9.31. The maximum absolute atomic E-state index is 11.6. The van der Waals surface area contributed by atoms with E-state index in [1.807, 2.05) is 13.1 Å². The van der Waals surface area contributed by atoms with Crippen LogP contribution in [-0.2, 0) is 16.8 Å². The fraction of sp³-hybridized carbons (Fsp3) is 0.667. The summed E-state index contributed by atoms with van der Waals surface area (Å²) >= 11 is 3.48. The molecule has 0 aliphatic heterocycles. The average molecular weight is 302 g/mol. The number of hydrogen-bond donors (Lipinski definition) is 1. The molecule has 0 bridgehead atoms. The van der Waals surface area contributed by atoms with Crippen molar-refractivity contribution in [3.8, 4) is 0 Å². The zero-order valence-corrected chi connectivity index (χ0v) is 12.5. The predicted octanol–water partition coefficient (Wildman–Crippen LogP) is 2.47. The molecule has 1 aromatic rings. The lowest BCUT2D eigenvalue weighted by Crippen LogP contribution is -2.28. The van der Waals surface area contributed by atoms with Gasteiger partial charge in [-0.15, -0.1) is 0 Å². The second kappa shape index (κ2) is 5.67. The van der Waals surface area contributed by atoms with Crippen LogP contribution in [0.1, 0.15) is 39.8 Å². The van der Waals surface area contributed by atoms with Gasteiger partial charge in [0.25, 0.3) is 0 Å². The van der Waals surface area contributed by atoms with Crippen molar-refractivity contribution in [2.75, 3.05) is 6.54 Å². The Hall–Kier alpha value is -0.840. The number of rotatable bonds is 4. The number of nitrogens with one attached hydrogen (secondary N) is 1. The third-order valence-corrected chi connectivity index (χ3v) is 2.89. The fourth-order valence-electron chi connectivity index (χ4n) is 1.45. The van der Waals surface area contributed by atoms with E-state index in [-0.39, 0.29) is 17.9 Å². The van der Waals surface area contributed by atoms with Crippen molar-refractivity contribution in [3.63, 3.8) is 0 Å². The molecule has 0 fully saturated rings. The van der Waals surface area contributed by atoms with E-state index in [0.29, 0.717) is 6.54 Å². The van der Waals surface area contributed by atoms with Gasteiger partial charge in [-0.1, -0.05) is 27.7 Å². The van der Waals surface area contributed by atoms with E-state index in [9.17, 15) is 4.79 Å². The first-order valence-corrected chi connectivity index (χ1v) is 6.64. The molecule has 0 aromatic carbocycles. The second-order valence-electron chi connectivity index (χ2n) is 5.12. The molecule has 0 radical (unpaired) electrons. The minimum atomic E-state index is -0.0238. The smallest absolute Gasteiger partial charge is 0.241 e. The quantitative estimate of drug-likeness (QED) is 0.929. The van der Waals surface area contributed by atoms with Crippen molar-refractivity contribution < 1.29 is 4.79 Å². The molecule has 1 amide bonds. The van der Waals surface area contributed by atoms with Crippen LogP contribution in [0.4, 0.5) is 0 Å². The average Bonchev–Trinajstić information content (AvgIpc) is 2.56. The summed E-state index contributed by atoms with van der Waals surface area (Å²) in [5.41, 5.74) is 0.949. The molecule has 5 heteroatoms. The van der Waals surface area contributed by atoms with Crippen molar-refractivity contribution in [3.05, 3.63) is 16.4 Å². The Balaban J connectivity index is 2.71. The van der Waals surface area contributed by atoms with E-state index in [1.165, 1.54) is 0 Å². The third kappa shape index (κ3) is 4.15. The summed E-state index contributed by atoms with van der Waals surface area (Å²) in [6.07, 6.45) is 2.80. The van der Waals surface area contributed by atoms with Gasteiger partial charge in [0, 0.05) is 18.2 Å². The Morgan fingerprint density at radius 2 is 2.18 bits per heavy atom. The summed E-state index contributed by atoms with van der Waals surface area (Å²) < 4.78 is 2.63. The maximum atomic E-state index is 11.6. The van der Waals surface area contributed by atoms with Crippen LogP contribution in [0.15, 0.2) is 10.7 Å². The van der Waals surface area contributed by atoms with E-state index >= 15 is 0 Å². The van der Waals surface area contributed by atoms with Gasteiger partial charge in [0.2, 0.25) is 5.91 Å². The molecular weight excluding hydrogens is 282 g/mol. The van der Waals surface area contributed by atoms with Gasteiger partial charge in [0.05, 0.1) is 10.2 Å². The summed E-state index contributed by atoms with van der Waals surface area (Å²) in [7, 11) is 0. The fourth-order valence-corrected chi connectivity index (χ4v) is 2.36. The van der Waals surface area contributed by atoms with Crippen LogP contribution < -0.4 is 5.32 Å². The van der Waals surface area contributed by atoms with Crippen LogP contribution in [0.5, 0.6) is 0 Å². The van der Waals surface area contributed by atoms with Gasteiger partial charge in [0.15, 0.2) is 0 Å². The Morgan fingerprint density at radius 3 is 2.65 bits per heavy atom. The van der Waals surface area contributed by atoms with Gasteiger partial charge in [-0.25, -0.2) is 0 Å². The Morgan fingerprint density at radius 1 is 1.53 bits per heavy atom. The molecule has 0 aliphatic rings. The molecule has 0 spiro atoms. The van der Waals surface area contributed by atoms with Crippen molar-refractivity contribution in [1.82, 2.24) is 15.1 Å². The molecule has 1 heterocycles. The zero-order valence-electron chi connectivity index (χ0n) is 10.9. The number of halogens is 1. The number of nitrogens with zero attached hydrogens (tertiary/aromatic N) is 2. The first-order chi connectivity index (χ1) is 7.84. The molecule has 0 saturated heterocycles. The molecule has 0 saturated carbocycles. The predicted molar refractivity (Wildman–Crippen MR) is 71.9 cm³/mol. The molecule has 1 rings (SSSR count). The van der Waals surface area contributed by atoms with Crippen LogP contribution in [0.2, 0.25) is 0 Å². The second-order valence-corrected chi connectivity index (χ2v) is 5.98. The van der Waals surface area contributed by atoms with Crippen LogP contribution in [0.25, 0.3) is 0 Å². The van der Waals surface area contributed by atoms with Crippen LogP contribution in [0.3, 0.4) is 0 Å². The summed E-state index contributed by atoms with van der Waals surface area (Å²) in [4.78, 5) is 11.6. The minimum Gasteiger partial charge on any atom is -0.355 e. The van der Waals surface area contributed by atoms with E-state index in [0.717, 1.165) is 16.6 Å². The van der Waals surface area contributed by atoms with Crippen LogP contribution in [-0.4, -0.2) is 22.2 Å². The van der Waals surface area contributed by atoms with Crippen molar-refractivity contribution in [2.45, 2.75) is 46.1 Å². The van der Waals surface area contributed by atoms with Gasteiger partial charge < -0.3 is 5.32 Å². The molecular formula is C12H20BrN3O. The maximum Gasteiger partial charge on any atom is 0.241 e. The van der Waals surface area contributed by atoms with Crippen LogP contribution in [0, 0.1) is 0 Å². The number of amides is 1. The van der Waals surface area contributed by atoms with E-state index in [4.69, 9.17) is 0 Å². The minimum absolute atomic E-state index is 0.00214. The number of aromatic nitrogens is 2. The highest BCUT2D eigenvalue weighted by molar-refractivity contribution is 9.10. The number of carbonyl (C=O) groups is 1.